The van der Waals surface area contributed by atoms with Crippen molar-refractivity contribution in [3.8, 4) is 11.3 Å². The summed E-state index contributed by atoms with van der Waals surface area (Å²) in [6, 6.07) is 10.8. The number of rotatable bonds is 7. The minimum atomic E-state index is -0.473. The van der Waals surface area contributed by atoms with Gasteiger partial charge in [0.05, 0.1) is 5.69 Å². The van der Waals surface area contributed by atoms with Crippen LogP contribution in [0, 0.1) is 0 Å². The number of amides is 2. The Morgan fingerprint density at radius 1 is 0.980 bits per heavy atom. The number of aromatic nitrogens is 4. The van der Waals surface area contributed by atoms with Crippen LogP contribution in [0.1, 0.15) is 58.7 Å². The van der Waals surface area contributed by atoms with Crippen molar-refractivity contribution in [2.24, 2.45) is 7.05 Å². The predicted octanol–water partition coefficient (Wildman–Crippen LogP) is 3.43. The van der Waals surface area contributed by atoms with Gasteiger partial charge in [-0.25, -0.2) is 9.97 Å². The summed E-state index contributed by atoms with van der Waals surface area (Å²) < 4.78 is 9.07. The van der Waals surface area contributed by atoms with Crippen LogP contribution in [0.15, 0.2) is 53.6 Å². The van der Waals surface area contributed by atoms with Gasteiger partial charge in [-0.3, -0.25) is 29.0 Å². The van der Waals surface area contributed by atoms with Gasteiger partial charge in [0.15, 0.2) is 5.82 Å². The summed E-state index contributed by atoms with van der Waals surface area (Å²) in [5.41, 5.74) is 5.82. The molecule has 1 aliphatic carbocycles. The first kappa shape index (κ1) is 32.3. The maximum absolute atomic E-state index is 14.0. The van der Waals surface area contributed by atoms with Crippen molar-refractivity contribution in [2.75, 3.05) is 43.9 Å². The highest BCUT2D eigenvalue weighted by Crippen LogP contribution is 2.34. The van der Waals surface area contributed by atoms with Crippen LogP contribution in [-0.2, 0) is 47.4 Å². The smallest absolute Gasteiger partial charge is 0.302 e. The molecule has 1 atom stereocenters. The number of likely N-dealkylation sites (N-methyl/N-ethyl adjacent to an activating group) is 2. The number of hydrogen-bond donors (Lipinski definition) is 1. The Morgan fingerprint density at radius 3 is 2.53 bits per heavy atom. The zero-order chi connectivity index (χ0) is 34.4. The second-order valence-corrected chi connectivity index (χ2v) is 13.0. The second kappa shape index (κ2) is 13.0. The van der Waals surface area contributed by atoms with Crippen LogP contribution in [-0.4, -0.2) is 80.4 Å². The molecule has 1 saturated heterocycles. The van der Waals surface area contributed by atoms with Gasteiger partial charge >= 0.3 is 5.97 Å². The number of nitrogens with one attached hydrogen (secondary N) is 1. The number of carbonyl (C=O) groups excluding carboxylic acids is 3. The van der Waals surface area contributed by atoms with E-state index < -0.39 is 5.97 Å². The zero-order valence-electron chi connectivity index (χ0n) is 28.2. The van der Waals surface area contributed by atoms with E-state index in [0.29, 0.717) is 53.7 Å². The summed E-state index contributed by atoms with van der Waals surface area (Å²) in [4.78, 5) is 66.9. The van der Waals surface area contributed by atoms with Gasteiger partial charge in [0.2, 0.25) is 5.91 Å². The third kappa shape index (κ3) is 5.99. The molecular weight excluding hydrogens is 624 g/mol. The molecular formula is C36H40N8O5. The van der Waals surface area contributed by atoms with E-state index in [1.54, 1.807) is 35.3 Å². The van der Waals surface area contributed by atoms with Crippen molar-refractivity contribution in [2.45, 2.75) is 51.8 Å². The molecule has 1 unspecified atom stereocenters. The number of pyridine rings is 1. The molecule has 0 spiro atoms. The number of carbonyl (C=O) groups is 3. The third-order valence-electron chi connectivity index (χ3n) is 9.80. The van der Waals surface area contributed by atoms with Crippen LogP contribution in [0.5, 0.6) is 0 Å². The number of hydrogen-bond acceptors (Lipinski definition) is 9. The molecule has 1 fully saturated rings. The number of benzene rings is 1. The molecule has 2 aliphatic heterocycles. The largest absolute Gasteiger partial charge is 0.461 e. The summed E-state index contributed by atoms with van der Waals surface area (Å²) in [5, 5.41) is 3.15. The first-order valence-corrected chi connectivity index (χ1v) is 16.7. The average Bonchev–Trinajstić information content (AvgIpc) is 3.48. The molecule has 3 aromatic heterocycles. The topological polar surface area (TPSA) is 135 Å². The van der Waals surface area contributed by atoms with Crippen LogP contribution in [0.2, 0.25) is 0 Å². The van der Waals surface area contributed by atoms with Crippen LogP contribution < -0.4 is 15.8 Å². The van der Waals surface area contributed by atoms with Crippen molar-refractivity contribution in [3.63, 3.8) is 0 Å². The average molecular weight is 665 g/mol. The first-order chi connectivity index (χ1) is 23.6. The summed E-state index contributed by atoms with van der Waals surface area (Å²) >= 11 is 0. The lowest BCUT2D eigenvalue weighted by molar-refractivity contribution is -0.142. The minimum absolute atomic E-state index is 0.0401. The molecule has 49 heavy (non-hydrogen) atoms. The van der Waals surface area contributed by atoms with Crippen LogP contribution >= 0.6 is 0 Å². The van der Waals surface area contributed by atoms with Crippen LogP contribution in [0.4, 0.5) is 17.3 Å². The number of anilines is 3. The van der Waals surface area contributed by atoms with Gasteiger partial charge in [-0.05, 0) is 68.1 Å². The van der Waals surface area contributed by atoms with E-state index in [1.807, 2.05) is 49.3 Å². The Bertz CT molecular complexity index is 2020. The van der Waals surface area contributed by atoms with Gasteiger partial charge in [0.25, 0.3) is 11.5 Å². The van der Waals surface area contributed by atoms with Gasteiger partial charge in [-0.1, -0.05) is 12.1 Å². The molecule has 2 amide bonds. The monoisotopic (exact) mass is 664 g/mol. The fourth-order valence-corrected chi connectivity index (χ4v) is 7.15. The Hall–Kier alpha value is -5.30. The predicted molar refractivity (Wildman–Crippen MR) is 184 cm³/mol. The molecule has 1 aromatic carbocycles. The maximum atomic E-state index is 14.0. The van der Waals surface area contributed by atoms with E-state index in [4.69, 9.17) is 9.72 Å². The molecule has 4 aromatic rings. The molecule has 0 saturated carbocycles. The lowest BCUT2D eigenvalue weighted by Crippen LogP contribution is -2.48. The first-order valence-electron chi connectivity index (χ1n) is 16.7. The van der Waals surface area contributed by atoms with Crippen LogP contribution in [0.3, 0.4) is 0 Å². The Kier molecular flexibility index (Phi) is 8.53. The summed E-state index contributed by atoms with van der Waals surface area (Å²) in [7, 11) is 5.39. The van der Waals surface area contributed by atoms with Gasteiger partial charge in [-0.2, -0.15) is 0 Å². The van der Waals surface area contributed by atoms with E-state index in [-0.39, 0.29) is 35.8 Å². The van der Waals surface area contributed by atoms with E-state index in [0.717, 1.165) is 37.8 Å². The zero-order valence-corrected chi connectivity index (χ0v) is 28.2. The number of piperazine rings is 1. The minimum Gasteiger partial charge on any atom is -0.461 e. The lowest BCUT2D eigenvalue weighted by atomic mass is 9.98. The molecule has 5 heterocycles. The molecule has 0 radical (unpaired) electrons. The van der Waals surface area contributed by atoms with Crippen molar-refractivity contribution < 1.29 is 19.1 Å². The van der Waals surface area contributed by atoms with E-state index in [9.17, 15) is 19.2 Å². The van der Waals surface area contributed by atoms with Gasteiger partial charge in [0.1, 0.15) is 24.2 Å². The normalized spacial score (nSPS) is 17.9. The third-order valence-corrected chi connectivity index (χ3v) is 9.80. The van der Waals surface area contributed by atoms with Crippen molar-refractivity contribution in [1.29, 1.82) is 0 Å². The van der Waals surface area contributed by atoms with Gasteiger partial charge in [-0.15, -0.1) is 0 Å². The molecule has 13 nitrogen and oxygen atoms in total. The number of ether oxygens (including phenoxy) is 1. The van der Waals surface area contributed by atoms with Crippen molar-refractivity contribution in [1.82, 2.24) is 28.9 Å². The standard InChI is InChI=1S/C36H40N8O5/c1-22(45)49-21-27-26(13-14-37-33(27)44-18-17-43-29-8-6-5-7-24(29)19-30(43)34(44)46)28-20-42(4)36(48)32(39-28)38-25-11-9-23(10-12-25)31-35(47)41(3)16-15-40(31)2/h9-14,19-20,31H,5-8,15-18,21H2,1-4H3,(H,38,39). The highest BCUT2D eigenvalue weighted by atomic mass is 16.5. The van der Waals surface area contributed by atoms with Gasteiger partial charge in [0, 0.05) is 82.1 Å². The number of nitrogens with zero attached hydrogens (tertiary/aromatic N) is 7. The molecule has 7 rings (SSSR count). The highest BCUT2D eigenvalue weighted by molar-refractivity contribution is 6.06. The molecule has 1 N–H and O–H groups in total. The number of aryl methyl sites for hydroxylation is 2. The number of esters is 1. The SMILES string of the molecule is CC(=O)OCc1c(-c2cn(C)c(=O)c(Nc3ccc(C4C(=O)N(C)CCN4C)cc3)n2)ccnc1N1CCn2c(cc3c2CCCC3)C1=O. The Morgan fingerprint density at radius 2 is 1.76 bits per heavy atom. The Labute approximate surface area is 284 Å². The quantitative estimate of drug-likeness (QED) is 0.295. The van der Waals surface area contributed by atoms with E-state index in [1.165, 1.54) is 22.7 Å². The molecule has 0 bridgehead atoms. The summed E-state index contributed by atoms with van der Waals surface area (Å²) in [6.45, 7) is 3.71. The summed E-state index contributed by atoms with van der Waals surface area (Å²) in [5.74, 6) is -0.102. The van der Waals surface area contributed by atoms with E-state index >= 15 is 0 Å². The summed E-state index contributed by atoms with van der Waals surface area (Å²) in [6.07, 6.45) is 7.41. The fraction of sp³-hybridized carbons (Fsp3) is 0.389. The lowest BCUT2D eigenvalue weighted by Gasteiger charge is -2.37. The van der Waals surface area contributed by atoms with E-state index in [2.05, 4.69) is 14.9 Å². The van der Waals surface area contributed by atoms with Gasteiger partial charge < -0.3 is 24.1 Å². The van der Waals surface area contributed by atoms with Crippen molar-refractivity contribution >= 4 is 35.1 Å². The molecule has 13 heteroatoms. The number of fused-ring (bicyclic) bond motifs is 3. The fourth-order valence-electron chi connectivity index (χ4n) is 7.15. The Balaban J connectivity index is 1.22. The second-order valence-electron chi connectivity index (χ2n) is 13.0. The van der Waals surface area contributed by atoms with Crippen molar-refractivity contribution in [3.05, 3.63) is 87.2 Å². The highest BCUT2D eigenvalue weighted by Gasteiger charge is 2.34. The maximum Gasteiger partial charge on any atom is 0.302 e. The molecule has 254 valence electrons. The molecule has 3 aliphatic rings. The van der Waals surface area contributed by atoms with Crippen LogP contribution in [0.25, 0.3) is 11.3 Å².